The zero-order valence-electron chi connectivity index (χ0n) is 25.9. The Labute approximate surface area is 287 Å². The van der Waals surface area contributed by atoms with E-state index >= 15 is 0 Å². The molecule has 0 radical (unpaired) electrons. The van der Waals surface area contributed by atoms with Crippen molar-refractivity contribution in [2.45, 2.75) is 19.6 Å². The van der Waals surface area contributed by atoms with Crippen LogP contribution in [0, 0.1) is 0 Å². The number of pyridine rings is 1. The van der Waals surface area contributed by atoms with Gasteiger partial charge in [0.1, 0.15) is 0 Å². The second kappa shape index (κ2) is 11.1. The molecule has 0 fully saturated rings. The molecule has 0 bridgehead atoms. The summed E-state index contributed by atoms with van der Waals surface area (Å²) in [5.41, 5.74) is 8.29. The average molecular weight is 646 g/mol. The first-order valence-corrected chi connectivity index (χ1v) is 17.8. The van der Waals surface area contributed by atoms with E-state index in [9.17, 15) is 0 Å². The van der Waals surface area contributed by atoms with Crippen LogP contribution in [0.3, 0.4) is 0 Å². The molecule has 0 saturated heterocycles. The lowest BCUT2D eigenvalue weighted by Gasteiger charge is -2.20. The summed E-state index contributed by atoms with van der Waals surface area (Å²) in [6.45, 7) is 0. The molecule has 1 aromatic heterocycles. The van der Waals surface area contributed by atoms with Gasteiger partial charge in [0.2, 0.25) is 0 Å². The van der Waals surface area contributed by atoms with Gasteiger partial charge in [-0.3, -0.25) is 4.98 Å². The van der Waals surface area contributed by atoms with Crippen LogP contribution in [0.5, 0.6) is 0 Å². The molecule has 8 aromatic carbocycles. The van der Waals surface area contributed by atoms with E-state index in [1.54, 1.807) is 0 Å². The highest BCUT2D eigenvalue weighted by molar-refractivity contribution is 8.05. The number of fused-ring (bicyclic) bond motifs is 9. The Morgan fingerprint density at radius 1 is 0.312 bits per heavy atom. The standard InChI is InChI=1S/C45H27NS2/c1-2-11-35-33(9-1)34-10-3-4-12-36(34)40-26-29(19-22-37(35)40)32-21-18-28(31-13-7-15-41-38(31)14-8-24-46-41)25-39(32)30-20-23-44-45(27-30)48-43-17-6-5-16-42(43)47-44/h1-27H. The number of nitrogens with zero attached hydrogens (tertiary/aromatic N) is 1. The molecular weight excluding hydrogens is 619 g/mol. The Bertz CT molecular complexity index is 2710. The second-order valence-corrected chi connectivity index (χ2v) is 14.5. The zero-order chi connectivity index (χ0) is 31.6. The molecule has 10 rings (SSSR count). The third kappa shape index (κ3) is 4.46. The van der Waals surface area contributed by atoms with E-state index in [0.717, 1.165) is 10.9 Å². The third-order valence-electron chi connectivity index (χ3n) is 9.58. The summed E-state index contributed by atoms with van der Waals surface area (Å²) in [5.74, 6) is 0. The highest BCUT2D eigenvalue weighted by atomic mass is 32.2. The first-order valence-electron chi connectivity index (χ1n) is 16.2. The van der Waals surface area contributed by atoms with E-state index < -0.39 is 0 Å². The number of benzene rings is 8. The first kappa shape index (κ1) is 27.7. The summed E-state index contributed by atoms with van der Waals surface area (Å²) in [5, 5.41) is 8.91. The molecule has 2 heterocycles. The first-order chi connectivity index (χ1) is 23.8. The maximum Gasteiger partial charge on any atom is 0.0708 e. The number of aromatic nitrogens is 1. The van der Waals surface area contributed by atoms with Crippen molar-refractivity contribution in [1.29, 1.82) is 0 Å². The van der Waals surface area contributed by atoms with Crippen LogP contribution in [0.25, 0.3) is 76.6 Å². The number of rotatable bonds is 3. The van der Waals surface area contributed by atoms with Crippen molar-refractivity contribution < 1.29 is 0 Å². The molecule has 1 aliphatic rings. The highest BCUT2D eigenvalue weighted by Gasteiger charge is 2.19. The average Bonchev–Trinajstić information content (AvgIpc) is 3.16. The number of hydrogen-bond acceptors (Lipinski definition) is 3. The fourth-order valence-corrected chi connectivity index (χ4v) is 9.58. The van der Waals surface area contributed by atoms with Gasteiger partial charge in [0, 0.05) is 31.2 Å². The fourth-order valence-electron chi connectivity index (χ4n) is 7.33. The Kier molecular flexibility index (Phi) is 6.43. The van der Waals surface area contributed by atoms with Crippen LogP contribution < -0.4 is 0 Å². The van der Waals surface area contributed by atoms with Crippen molar-refractivity contribution >= 4 is 66.7 Å². The SMILES string of the molecule is c1ccc2c(c1)Sc1ccc(-c3cc(-c4cccc5ncccc45)ccc3-c3ccc4c5ccccc5c5ccccc5c4c3)cc1S2. The smallest absolute Gasteiger partial charge is 0.0708 e. The van der Waals surface area contributed by atoms with Crippen LogP contribution in [0.15, 0.2) is 184 Å². The minimum Gasteiger partial charge on any atom is -0.256 e. The molecule has 3 heteroatoms. The zero-order valence-corrected chi connectivity index (χ0v) is 27.5. The van der Waals surface area contributed by atoms with Crippen molar-refractivity contribution in [2.75, 3.05) is 0 Å². The predicted octanol–water partition coefficient (Wildman–Crippen LogP) is 13.3. The Hall–Kier alpha value is -5.35. The summed E-state index contributed by atoms with van der Waals surface area (Å²) in [6.07, 6.45) is 1.87. The van der Waals surface area contributed by atoms with E-state index in [-0.39, 0.29) is 0 Å². The minimum atomic E-state index is 1.01. The molecule has 1 nitrogen and oxygen atoms in total. The lowest BCUT2D eigenvalue weighted by molar-refractivity contribution is 1.16. The van der Waals surface area contributed by atoms with Gasteiger partial charge in [-0.15, -0.1) is 0 Å². The Morgan fingerprint density at radius 2 is 0.875 bits per heavy atom. The van der Waals surface area contributed by atoms with Crippen molar-refractivity contribution in [1.82, 2.24) is 4.98 Å². The summed E-state index contributed by atoms with van der Waals surface area (Å²) in [6, 6.07) is 58.0. The van der Waals surface area contributed by atoms with E-state index in [4.69, 9.17) is 0 Å². The van der Waals surface area contributed by atoms with Crippen LogP contribution in [-0.2, 0) is 0 Å². The highest BCUT2D eigenvalue weighted by Crippen LogP contribution is 2.50. The maximum absolute atomic E-state index is 4.65. The van der Waals surface area contributed by atoms with Gasteiger partial charge in [0.25, 0.3) is 0 Å². The number of hydrogen-bond donors (Lipinski definition) is 0. The van der Waals surface area contributed by atoms with Crippen molar-refractivity contribution in [3.8, 4) is 33.4 Å². The summed E-state index contributed by atoms with van der Waals surface area (Å²) >= 11 is 3.73. The van der Waals surface area contributed by atoms with Gasteiger partial charge in [-0.1, -0.05) is 133 Å². The summed E-state index contributed by atoms with van der Waals surface area (Å²) in [7, 11) is 0. The van der Waals surface area contributed by atoms with Crippen molar-refractivity contribution in [3.63, 3.8) is 0 Å². The molecule has 1 aliphatic heterocycles. The minimum absolute atomic E-state index is 1.01. The van der Waals surface area contributed by atoms with Gasteiger partial charge >= 0.3 is 0 Å². The van der Waals surface area contributed by atoms with Crippen LogP contribution in [0.2, 0.25) is 0 Å². The topological polar surface area (TPSA) is 12.9 Å². The molecule has 0 N–H and O–H groups in total. The lowest BCUT2D eigenvalue weighted by atomic mass is 9.88. The second-order valence-electron chi connectivity index (χ2n) is 12.3. The third-order valence-corrected chi connectivity index (χ3v) is 12.1. The monoisotopic (exact) mass is 645 g/mol. The summed E-state index contributed by atoms with van der Waals surface area (Å²) < 4.78 is 0. The molecule has 0 saturated carbocycles. The fraction of sp³-hybridized carbons (Fsp3) is 0. The van der Waals surface area contributed by atoms with Crippen LogP contribution >= 0.6 is 23.5 Å². The molecule has 224 valence electrons. The molecule has 48 heavy (non-hydrogen) atoms. The molecule has 9 aromatic rings. The molecule has 0 unspecified atom stereocenters. The Morgan fingerprint density at radius 3 is 1.65 bits per heavy atom. The predicted molar refractivity (Wildman–Crippen MR) is 205 cm³/mol. The molecule has 0 atom stereocenters. The molecule has 0 aliphatic carbocycles. The van der Waals surface area contributed by atoms with Gasteiger partial charge in [0.15, 0.2) is 0 Å². The van der Waals surface area contributed by atoms with E-state index in [1.165, 1.54) is 85.3 Å². The molecular formula is C45H27NS2. The van der Waals surface area contributed by atoms with Gasteiger partial charge < -0.3 is 0 Å². The van der Waals surface area contributed by atoms with Gasteiger partial charge in [-0.25, -0.2) is 0 Å². The van der Waals surface area contributed by atoms with E-state index in [2.05, 4.69) is 157 Å². The maximum atomic E-state index is 4.65. The molecule has 0 spiro atoms. The van der Waals surface area contributed by atoms with Crippen LogP contribution in [0.1, 0.15) is 0 Å². The van der Waals surface area contributed by atoms with Crippen LogP contribution in [0.4, 0.5) is 0 Å². The van der Waals surface area contributed by atoms with Crippen molar-refractivity contribution in [3.05, 3.63) is 164 Å². The normalized spacial score (nSPS) is 12.4. The Balaban J connectivity index is 1.21. The quantitative estimate of drug-likeness (QED) is 0.177. The summed E-state index contributed by atoms with van der Waals surface area (Å²) in [4.78, 5) is 9.91. The molecule has 0 amide bonds. The van der Waals surface area contributed by atoms with Crippen LogP contribution in [-0.4, -0.2) is 4.98 Å². The van der Waals surface area contributed by atoms with Gasteiger partial charge in [-0.05, 0) is 114 Å². The largest absolute Gasteiger partial charge is 0.256 e. The van der Waals surface area contributed by atoms with E-state index in [1.807, 2.05) is 35.8 Å². The van der Waals surface area contributed by atoms with Gasteiger partial charge in [0.05, 0.1) is 5.52 Å². The lowest BCUT2D eigenvalue weighted by Crippen LogP contribution is -1.93. The van der Waals surface area contributed by atoms with E-state index in [0.29, 0.717) is 0 Å². The van der Waals surface area contributed by atoms with Gasteiger partial charge in [-0.2, -0.15) is 0 Å². The van der Waals surface area contributed by atoms with Crippen molar-refractivity contribution in [2.24, 2.45) is 0 Å².